The van der Waals surface area contributed by atoms with Crippen LogP contribution in [0.5, 0.6) is 0 Å². The minimum Gasteiger partial charge on any atom is -0.475 e. The molecule has 1 fully saturated rings. The second-order valence-corrected chi connectivity index (χ2v) is 3.88. The molecule has 1 aromatic rings. The molecule has 0 aliphatic heterocycles. The lowest BCUT2D eigenvalue weighted by molar-refractivity contribution is 0.0684. The van der Waals surface area contributed by atoms with E-state index in [2.05, 4.69) is 9.97 Å². The molecule has 0 spiro atoms. The van der Waals surface area contributed by atoms with Crippen LogP contribution < -0.4 is 0 Å². The fourth-order valence-corrected chi connectivity index (χ4v) is 2.17. The normalized spacial score (nSPS) is 17.5. The Kier molecular flexibility index (Phi) is 2.27. The van der Waals surface area contributed by atoms with Crippen molar-refractivity contribution in [2.75, 3.05) is 0 Å². The molecular formula is C10H14N2O2. The lowest BCUT2D eigenvalue weighted by atomic mass is 10.0. The number of hydrogen-bond donors (Lipinski definition) is 2. The van der Waals surface area contributed by atoms with E-state index in [-0.39, 0.29) is 5.82 Å². The van der Waals surface area contributed by atoms with E-state index in [1.807, 2.05) is 6.92 Å². The summed E-state index contributed by atoms with van der Waals surface area (Å²) < 4.78 is 0. The molecule has 76 valence electrons. The van der Waals surface area contributed by atoms with Crippen LogP contribution in [0.2, 0.25) is 0 Å². The average Bonchev–Trinajstić information content (AvgIpc) is 2.71. The minimum atomic E-state index is -0.975. The maximum absolute atomic E-state index is 10.7. The number of nitrogens with zero attached hydrogens (tertiary/aromatic N) is 1. The van der Waals surface area contributed by atoms with Gasteiger partial charge in [-0.2, -0.15) is 0 Å². The van der Waals surface area contributed by atoms with Gasteiger partial charge in [-0.05, 0) is 19.8 Å². The Labute approximate surface area is 82.4 Å². The lowest BCUT2D eigenvalue weighted by Crippen LogP contribution is -1.99. The van der Waals surface area contributed by atoms with Crippen molar-refractivity contribution in [2.24, 2.45) is 0 Å². The van der Waals surface area contributed by atoms with Gasteiger partial charge in [0.15, 0.2) is 0 Å². The molecule has 4 heteroatoms. The SMILES string of the molecule is Cc1[nH]c(C(=O)O)nc1C1CCCC1. The van der Waals surface area contributed by atoms with Crippen molar-refractivity contribution in [3.05, 3.63) is 17.2 Å². The van der Waals surface area contributed by atoms with E-state index in [9.17, 15) is 4.79 Å². The third-order valence-electron chi connectivity index (χ3n) is 2.87. The summed E-state index contributed by atoms with van der Waals surface area (Å²) in [6.07, 6.45) is 4.76. The molecule has 1 saturated carbocycles. The Morgan fingerprint density at radius 3 is 2.64 bits per heavy atom. The van der Waals surface area contributed by atoms with Crippen molar-refractivity contribution in [3.8, 4) is 0 Å². The molecule has 2 rings (SSSR count). The van der Waals surface area contributed by atoms with E-state index < -0.39 is 5.97 Å². The number of aryl methyl sites for hydroxylation is 1. The number of carboxylic acid groups (broad SMARTS) is 1. The van der Waals surface area contributed by atoms with E-state index >= 15 is 0 Å². The van der Waals surface area contributed by atoms with Gasteiger partial charge >= 0.3 is 5.97 Å². The van der Waals surface area contributed by atoms with Gasteiger partial charge in [0.1, 0.15) is 0 Å². The highest BCUT2D eigenvalue weighted by Crippen LogP contribution is 2.34. The number of imidazole rings is 1. The Balaban J connectivity index is 2.28. The summed E-state index contributed by atoms with van der Waals surface area (Å²) in [4.78, 5) is 17.6. The number of aromatic nitrogens is 2. The van der Waals surface area contributed by atoms with Gasteiger partial charge in [0.25, 0.3) is 0 Å². The second kappa shape index (κ2) is 3.44. The van der Waals surface area contributed by atoms with Gasteiger partial charge in [-0.1, -0.05) is 12.8 Å². The molecule has 4 nitrogen and oxygen atoms in total. The number of carboxylic acids is 1. The zero-order valence-corrected chi connectivity index (χ0v) is 8.21. The van der Waals surface area contributed by atoms with E-state index in [1.165, 1.54) is 12.8 Å². The van der Waals surface area contributed by atoms with Crippen LogP contribution in [0.3, 0.4) is 0 Å². The second-order valence-electron chi connectivity index (χ2n) is 3.88. The van der Waals surface area contributed by atoms with Crippen molar-refractivity contribution < 1.29 is 9.90 Å². The van der Waals surface area contributed by atoms with Gasteiger partial charge in [0.05, 0.1) is 5.69 Å². The number of carbonyl (C=O) groups is 1. The molecule has 1 heterocycles. The molecular weight excluding hydrogens is 180 g/mol. The van der Waals surface area contributed by atoms with Gasteiger partial charge in [-0.15, -0.1) is 0 Å². The maximum atomic E-state index is 10.7. The maximum Gasteiger partial charge on any atom is 0.371 e. The number of H-pyrrole nitrogens is 1. The van der Waals surface area contributed by atoms with Crippen molar-refractivity contribution in [2.45, 2.75) is 38.5 Å². The van der Waals surface area contributed by atoms with Gasteiger partial charge in [-0.25, -0.2) is 9.78 Å². The topological polar surface area (TPSA) is 66.0 Å². The summed E-state index contributed by atoms with van der Waals surface area (Å²) in [6.45, 7) is 1.90. The highest BCUT2D eigenvalue weighted by Gasteiger charge is 2.23. The Morgan fingerprint density at radius 1 is 1.50 bits per heavy atom. The van der Waals surface area contributed by atoms with Crippen molar-refractivity contribution in [3.63, 3.8) is 0 Å². The predicted molar refractivity (Wildman–Crippen MR) is 51.5 cm³/mol. The largest absolute Gasteiger partial charge is 0.475 e. The number of hydrogen-bond acceptors (Lipinski definition) is 2. The third kappa shape index (κ3) is 1.52. The molecule has 0 amide bonds. The van der Waals surface area contributed by atoms with E-state index in [1.54, 1.807) is 0 Å². The molecule has 0 atom stereocenters. The number of nitrogens with one attached hydrogen (secondary N) is 1. The van der Waals surface area contributed by atoms with Crippen molar-refractivity contribution in [1.82, 2.24) is 9.97 Å². The number of aromatic amines is 1. The summed E-state index contributed by atoms with van der Waals surface area (Å²) in [7, 11) is 0. The van der Waals surface area contributed by atoms with Crippen LogP contribution in [-0.2, 0) is 0 Å². The molecule has 0 saturated heterocycles. The van der Waals surface area contributed by atoms with Gasteiger partial charge < -0.3 is 10.1 Å². The Bertz CT molecular complexity index is 351. The van der Waals surface area contributed by atoms with Gasteiger partial charge in [0.2, 0.25) is 5.82 Å². The van der Waals surface area contributed by atoms with Crippen LogP contribution in [0, 0.1) is 6.92 Å². The summed E-state index contributed by atoms with van der Waals surface area (Å²) in [5, 5.41) is 8.77. The first-order chi connectivity index (χ1) is 6.68. The molecule has 1 aliphatic carbocycles. The van der Waals surface area contributed by atoms with Crippen molar-refractivity contribution in [1.29, 1.82) is 0 Å². The van der Waals surface area contributed by atoms with Gasteiger partial charge in [-0.3, -0.25) is 0 Å². The molecule has 1 aliphatic rings. The van der Waals surface area contributed by atoms with Crippen LogP contribution in [0.25, 0.3) is 0 Å². The fraction of sp³-hybridized carbons (Fsp3) is 0.600. The highest BCUT2D eigenvalue weighted by atomic mass is 16.4. The van der Waals surface area contributed by atoms with Crippen LogP contribution in [0.15, 0.2) is 0 Å². The van der Waals surface area contributed by atoms with Crippen LogP contribution in [0.1, 0.15) is 53.6 Å². The first kappa shape index (κ1) is 9.24. The molecule has 0 bridgehead atoms. The molecule has 0 radical (unpaired) electrons. The highest BCUT2D eigenvalue weighted by molar-refractivity contribution is 5.83. The zero-order valence-electron chi connectivity index (χ0n) is 8.21. The molecule has 2 N–H and O–H groups in total. The van der Waals surface area contributed by atoms with Crippen LogP contribution >= 0.6 is 0 Å². The molecule has 0 unspecified atom stereocenters. The number of aromatic carboxylic acids is 1. The number of rotatable bonds is 2. The zero-order chi connectivity index (χ0) is 10.1. The smallest absolute Gasteiger partial charge is 0.371 e. The van der Waals surface area contributed by atoms with Crippen LogP contribution in [0.4, 0.5) is 0 Å². The molecule has 0 aromatic carbocycles. The van der Waals surface area contributed by atoms with Crippen LogP contribution in [-0.4, -0.2) is 21.0 Å². The van der Waals surface area contributed by atoms with Crippen molar-refractivity contribution >= 4 is 5.97 Å². The first-order valence-corrected chi connectivity index (χ1v) is 4.98. The summed E-state index contributed by atoms with van der Waals surface area (Å²) in [6, 6.07) is 0. The first-order valence-electron chi connectivity index (χ1n) is 4.98. The molecule has 1 aromatic heterocycles. The molecule has 14 heavy (non-hydrogen) atoms. The summed E-state index contributed by atoms with van der Waals surface area (Å²) in [5.41, 5.74) is 1.87. The van der Waals surface area contributed by atoms with E-state index in [0.29, 0.717) is 5.92 Å². The summed E-state index contributed by atoms with van der Waals surface area (Å²) >= 11 is 0. The monoisotopic (exact) mass is 194 g/mol. The fourth-order valence-electron chi connectivity index (χ4n) is 2.17. The summed E-state index contributed by atoms with van der Waals surface area (Å²) in [5.74, 6) is -0.430. The third-order valence-corrected chi connectivity index (χ3v) is 2.87. The van der Waals surface area contributed by atoms with Gasteiger partial charge in [0, 0.05) is 11.6 Å². The standard InChI is InChI=1S/C10H14N2O2/c1-6-8(7-4-2-3-5-7)12-9(11-6)10(13)14/h7H,2-5H2,1H3,(H,11,12)(H,13,14). The van der Waals surface area contributed by atoms with E-state index in [4.69, 9.17) is 5.11 Å². The van der Waals surface area contributed by atoms with E-state index in [0.717, 1.165) is 24.2 Å². The minimum absolute atomic E-state index is 0.0735. The lowest BCUT2D eigenvalue weighted by Gasteiger charge is -2.05. The predicted octanol–water partition coefficient (Wildman–Crippen LogP) is 2.07. The Morgan fingerprint density at radius 2 is 2.14 bits per heavy atom. The Hall–Kier alpha value is -1.32. The average molecular weight is 194 g/mol. The quantitative estimate of drug-likeness (QED) is 0.757.